The Morgan fingerprint density at radius 2 is 1.84 bits per heavy atom. The highest BCUT2D eigenvalue weighted by Crippen LogP contribution is 2.16. The van der Waals surface area contributed by atoms with Crippen molar-refractivity contribution in [1.82, 2.24) is 10.6 Å². The van der Waals surface area contributed by atoms with Gasteiger partial charge in [0.2, 0.25) is 0 Å². The largest absolute Gasteiger partial charge is 0.497 e. The molecule has 25 heavy (non-hydrogen) atoms. The minimum Gasteiger partial charge on any atom is -0.497 e. The van der Waals surface area contributed by atoms with Crippen molar-refractivity contribution in [2.24, 2.45) is 0 Å². The van der Waals surface area contributed by atoms with E-state index in [1.54, 1.807) is 14.0 Å². The molecule has 0 aliphatic carbocycles. The molecule has 7 heteroatoms. The summed E-state index contributed by atoms with van der Waals surface area (Å²) in [6.45, 7) is 1.90. The van der Waals surface area contributed by atoms with Gasteiger partial charge in [-0.3, -0.25) is 9.59 Å². The zero-order valence-electron chi connectivity index (χ0n) is 14.2. The van der Waals surface area contributed by atoms with Gasteiger partial charge in [0.15, 0.2) is 0 Å². The van der Waals surface area contributed by atoms with E-state index in [0.717, 1.165) is 16.2 Å². The first-order valence-corrected chi connectivity index (χ1v) is 8.71. The summed E-state index contributed by atoms with van der Waals surface area (Å²) >= 11 is 1.50. The Bertz CT molecular complexity index is 696. The molecule has 2 rings (SSSR count). The quantitative estimate of drug-likeness (QED) is 0.651. The lowest BCUT2D eigenvalue weighted by atomic mass is 9.96. The number of rotatable bonds is 7. The molecule has 6 nitrogen and oxygen atoms in total. The second kappa shape index (κ2) is 8.64. The van der Waals surface area contributed by atoms with E-state index in [4.69, 9.17) is 4.74 Å². The molecule has 1 aromatic carbocycles. The zero-order valence-corrected chi connectivity index (χ0v) is 15.1. The average Bonchev–Trinajstić information content (AvgIpc) is 3.11. The van der Waals surface area contributed by atoms with Crippen LogP contribution >= 0.6 is 11.3 Å². The van der Waals surface area contributed by atoms with Crippen LogP contribution in [0.4, 0.5) is 0 Å². The highest BCUT2D eigenvalue weighted by Gasteiger charge is 2.23. The number of carbonyl (C=O) groups excluding carboxylic acids is 2. The van der Waals surface area contributed by atoms with Crippen molar-refractivity contribution >= 4 is 23.2 Å². The maximum absolute atomic E-state index is 11.8. The van der Waals surface area contributed by atoms with Crippen molar-refractivity contribution in [2.75, 3.05) is 13.7 Å². The van der Waals surface area contributed by atoms with Crippen LogP contribution in [-0.4, -0.2) is 36.2 Å². The molecule has 1 atom stereocenters. The minimum atomic E-state index is -1.17. The Morgan fingerprint density at radius 1 is 1.16 bits per heavy atom. The Kier molecular flexibility index (Phi) is 6.55. The number of aliphatic hydroxyl groups is 1. The second-order valence-electron chi connectivity index (χ2n) is 5.97. The van der Waals surface area contributed by atoms with Crippen LogP contribution in [0.15, 0.2) is 41.8 Å². The van der Waals surface area contributed by atoms with E-state index < -0.39 is 17.4 Å². The summed E-state index contributed by atoms with van der Waals surface area (Å²) in [6, 6.07) is 11.1. The summed E-state index contributed by atoms with van der Waals surface area (Å²) in [5.41, 5.74) is -0.264. The van der Waals surface area contributed by atoms with Gasteiger partial charge in [0.25, 0.3) is 0 Å². The molecule has 134 valence electrons. The third kappa shape index (κ3) is 6.21. The van der Waals surface area contributed by atoms with Crippen molar-refractivity contribution in [2.45, 2.75) is 25.5 Å². The van der Waals surface area contributed by atoms with Gasteiger partial charge in [-0.15, -0.1) is 11.3 Å². The number of hydrogen-bond acceptors (Lipinski definition) is 5. The Morgan fingerprint density at radius 3 is 2.44 bits per heavy atom. The second-order valence-corrected chi connectivity index (χ2v) is 7.00. The van der Waals surface area contributed by atoms with Crippen molar-refractivity contribution in [3.63, 3.8) is 0 Å². The van der Waals surface area contributed by atoms with Gasteiger partial charge in [-0.1, -0.05) is 18.2 Å². The van der Waals surface area contributed by atoms with Crippen molar-refractivity contribution < 1.29 is 19.4 Å². The van der Waals surface area contributed by atoms with E-state index in [1.165, 1.54) is 11.3 Å². The SMILES string of the molecule is COc1ccc(CC(C)(O)CNC(=O)C(=O)NCc2cccs2)cc1. The third-order valence-electron chi connectivity index (χ3n) is 3.58. The summed E-state index contributed by atoms with van der Waals surface area (Å²) in [6.07, 6.45) is 0.341. The van der Waals surface area contributed by atoms with Gasteiger partial charge in [0.05, 0.1) is 19.3 Å². The molecule has 0 saturated carbocycles. The monoisotopic (exact) mass is 362 g/mol. The molecular formula is C18H22N2O4S. The molecule has 2 aromatic rings. The summed E-state index contributed by atoms with van der Waals surface area (Å²) in [5, 5.41) is 17.4. The first-order valence-electron chi connectivity index (χ1n) is 7.83. The van der Waals surface area contributed by atoms with E-state index in [9.17, 15) is 14.7 Å². The third-order valence-corrected chi connectivity index (χ3v) is 4.46. The van der Waals surface area contributed by atoms with Gasteiger partial charge in [0.1, 0.15) is 5.75 Å². The van der Waals surface area contributed by atoms with Gasteiger partial charge >= 0.3 is 11.8 Å². The lowest BCUT2D eigenvalue weighted by Gasteiger charge is -2.23. The van der Waals surface area contributed by atoms with Crippen molar-refractivity contribution in [3.8, 4) is 5.75 Å². The molecule has 0 aliphatic rings. The normalized spacial score (nSPS) is 12.9. The Hall–Kier alpha value is -2.38. The van der Waals surface area contributed by atoms with E-state index in [-0.39, 0.29) is 6.54 Å². The molecule has 1 unspecified atom stereocenters. The maximum Gasteiger partial charge on any atom is 0.309 e. The minimum absolute atomic E-state index is 0.0235. The highest BCUT2D eigenvalue weighted by atomic mass is 32.1. The lowest BCUT2D eigenvalue weighted by Crippen LogP contribution is -2.47. The molecule has 0 radical (unpaired) electrons. The van der Waals surface area contributed by atoms with Crippen molar-refractivity contribution in [1.29, 1.82) is 0 Å². The molecule has 0 aliphatic heterocycles. The molecule has 1 heterocycles. The van der Waals surface area contributed by atoms with Gasteiger partial charge in [-0.05, 0) is 36.1 Å². The van der Waals surface area contributed by atoms with E-state index in [0.29, 0.717) is 13.0 Å². The number of methoxy groups -OCH3 is 1. The first kappa shape index (κ1) is 19.0. The van der Waals surface area contributed by atoms with Crippen LogP contribution in [0, 0.1) is 0 Å². The van der Waals surface area contributed by atoms with E-state index >= 15 is 0 Å². The zero-order chi connectivity index (χ0) is 18.3. The van der Waals surface area contributed by atoms with Crippen LogP contribution in [-0.2, 0) is 22.6 Å². The first-order chi connectivity index (χ1) is 11.9. The summed E-state index contributed by atoms with van der Waals surface area (Å²) in [5.74, 6) is -0.737. The van der Waals surface area contributed by atoms with Crippen LogP contribution < -0.4 is 15.4 Å². The van der Waals surface area contributed by atoms with Crippen LogP contribution in [0.3, 0.4) is 0 Å². The van der Waals surface area contributed by atoms with Crippen LogP contribution in [0.1, 0.15) is 17.4 Å². The summed E-state index contributed by atoms with van der Waals surface area (Å²) < 4.78 is 5.09. The molecule has 1 aromatic heterocycles. The number of carbonyl (C=O) groups is 2. The maximum atomic E-state index is 11.8. The standard InChI is InChI=1S/C18H22N2O4S/c1-18(23,10-13-5-7-14(24-2)8-6-13)12-20-17(22)16(21)19-11-15-4-3-9-25-15/h3-9,23H,10-12H2,1-2H3,(H,19,21)(H,20,22). The van der Waals surface area contributed by atoms with Crippen LogP contribution in [0.5, 0.6) is 5.75 Å². The van der Waals surface area contributed by atoms with Gasteiger partial charge < -0.3 is 20.5 Å². The smallest absolute Gasteiger partial charge is 0.309 e. The molecule has 0 fully saturated rings. The van der Waals surface area contributed by atoms with Crippen molar-refractivity contribution in [3.05, 3.63) is 52.2 Å². The number of amides is 2. The van der Waals surface area contributed by atoms with Gasteiger partial charge in [-0.2, -0.15) is 0 Å². The van der Waals surface area contributed by atoms with Gasteiger partial charge in [-0.25, -0.2) is 0 Å². The fourth-order valence-electron chi connectivity index (χ4n) is 2.26. The Balaban J connectivity index is 1.78. The Labute approximate surface area is 150 Å². The fourth-order valence-corrected chi connectivity index (χ4v) is 2.90. The number of benzene rings is 1. The molecule has 0 bridgehead atoms. The number of thiophene rings is 1. The lowest BCUT2D eigenvalue weighted by molar-refractivity contribution is -0.139. The molecule has 2 amide bonds. The molecule has 0 spiro atoms. The molecule has 3 N–H and O–H groups in total. The average molecular weight is 362 g/mol. The van der Waals surface area contributed by atoms with Crippen LogP contribution in [0.2, 0.25) is 0 Å². The van der Waals surface area contributed by atoms with Gasteiger partial charge in [0, 0.05) is 17.8 Å². The fraction of sp³-hybridized carbons (Fsp3) is 0.333. The number of hydrogen-bond donors (Lipinski definition) is 3. The number of nitrogens with one attached hydrogen (secondary N) is 2. The van der Waals surface area contributed by atoms with E-state index in [1.807, 2.05) is 41.8 Å². The van der Waals surface area contributed by atoms with Crippen LogP contribution in [0.25, 0.3) is 0 Å². The predicted octanol–water partition coefficient (Wildman–Crippen LogP) is 1.48. The number of ether oxygens (including phenoxy) is 1. The predicted molar refractivity (Wildman–Crippen MR) is 96.5 cm³/mol. The van der Waals surface area contributed by atoms with E-state index in [2.05, 4.69) is 10.6 Å². The molecule has 0 saturated heterocycles. The highest BCUT2D eigenvalue weighted by molar-refractivity contribution is 7.09. The summed E-state index contributed by atoms with van der Waals surface area (Å²) in [4.78, 5) is 24.6. The topological polar surface area (TPSA) is 87.7 Å². The summed E-state index contributed by atoms with van der Waals surface area (Å²) in [7, 11) is 1.59. The molecular weight excluding hydrogens is 340 g/mol.